The van der Waals surface area contributed by atoms with Gasteiger partial charge in [0.05, 0.1) is 6.61 Å². The smallest absolute Gasteiger partial charge is 0.146 e. The number of hydrogen-bond donors (Lipinski definition) is 0. The van der Waals surface area contributed by atoms with E-state index in [1.807, 2.05) is 44.2 Å². The molecule has 0 spiro atoms. The van der Waals surface area contributed by atoms with Gasteiger partial charge in [-0.1, -0.05) is 48.4 Å². The lowest BCUT2D eigenvalue weighted by atomic mass is 9.85. The molecule has 0 heterocycles. The van der Waals surface area contributed by atoms with E-state index >= 15 is 0 Å². The molecule has 0 atom stereocenters. The van der Waals surface area contributed by atoms with Crippen LogP contribution in [0.5, 0.6) is 5.75 Å². The molecule has 0 aliphatic carbocycles. The number of halogens is 2. The van der Waals surface area contributed by atoms with Crippen LogP contribution < -0.4 is 4.74 Å². The maximum absolute atomic E-state index is 13.6. The van der Waals surface area contributed by atoms with Crippen LogP contribution in [-0.4, -0.2) is 12.9 Å². The van der Waals surface area contributed by atoms with Crippen molar-refractivity contribution in [3.05, 3.63) is 98.9 Å². The Bertz CT molecular complexity index is 1390. The summed E-state index contributed by atoms with van der Waals surface area (Å²) < 4.78 is 19.7. The Kier molecular flexibility index (Phi) is 9.88. The van der Waals surface area contributed by atoms with E-state index in [9.17, 15) is 9.18 Å². The summed E-state index contributed by atoms with van der Waals surface area (Å²) in [5, 5.41) is 2.40. The number of ether oxygens (including phenoxy) is 1. The molecule has 0 aliphatic rings. The Morgan fingerprint density at radius 3 is 2.49 bits per heavy atom. The predicted octanol–water partition coefficient (Wildman–Crippen LogP) is 9.92. The van der Waals surface area contributed by atoms with Crippen molar-refractivity contribution < 1.29 is 13.9 Å². The van der Waals surface area contributed by atoms with Crippen LogP contribution in [0.3, 0.4) is 0 Å². The fourth-order valence-electron chi connectivity index (χ4n) is 4.92. The molecule has 0 saturated heterocycles. The highest BCUT2D eigenvalue weighted by Gasteiger charge is 2.19. The van der Waals surface area contributed by atoms with Crippen molar-refractivity contribution in [3.8, 4) is 5.75 Å². The summed E-state index contributed by atoms with van der Waals surface area (Å²) in [6, 6.07) is 14.3. The zero-order valence-corrected chi connectivity index (χ0v) is 23.4. The van der Waals surface area contributed by atoms with Crippen LogP contribution >= 0.6 is 11.6 Å². The van der Waals surface area contributed by atoms with Gasteiger partial charge in [-0.2, -0.15) is 0 Å². The second kappa shape index (κ2) is 12.9. The van der Waals surface area contributed by atoms with Crippen LogP contribution in [0.25, 0.3) is 21.9 Å². The lowest BCUT2D eigenvalue weighted by Crippen LogP contribution is -2.04. The summed E-state index contributed by atoms with van der Waals surface area (Å²) in [7, 11) is 0. The van der Waals surface area contributed by atoms with Gasteiger partial charge in [0.1, 0.15) is 17.9 Å². The molecule has 3 rings (SSSR count). The van der Waals surface area contributed by atoms with Crippen molar-refractivity contribution in [1.29, 1.82) is 0 Å². The van der Waals surface area contributed by atoms with Crippen molar-refractivity contribution in [2.75, 3.05) is 6.61 Å². The summed E-state index contributed by atoms with van der Waals surface area (Å²) >= 11 is 6.76. The van der Waals surface area contributed by atoms with E-state index in [-0.39, 0.29) is 5.82 Å². The average molecular weight is 519 g/mol. The Morgan fingerprint density at radius 1 is 1.08 bits per heavy atom. The molecular formula is C33H36ClFO2. The topological polar surface area (TPSA) is 26.3 Å². The molecule has 4 heteroatoms. The number of carbonyl (C=O) groups is 1. The highest BCUT2D eigenvalue weighted by Crippen LogP contribution is 2.39. The minimum atomic E-state index is -0.265. The number of carbonyl (C=O) groups excluding carboxylic acids is 1. The quantitative estimate of drug-likeness (QED) is 0.115. The maximum atomic E-state index is 13.6. The second-order valence-corrected chi connectivity index (χ2v) is 9.90. The summed E-state index contributed by atoms with van der Waals surface area (Å²) in [6.45, 7) is 12.9. The number of benzene rings is 3. The van der Waals surface area contributed by atoms with Crippen LogP contribution in [-0.2, 0) is 4.79 Å². The van der Waals surface area contributed by atoms with Crippen molar-refractivity contribution in [1.82, 2.24) is 0 Å². The van der Waals surface area contributed by atoms with Crippen LogP contribution in [0.15, 0.2) is 71.3 Å². The number of aldehydes is 1. The maximum Gasteiger partial charge on any atom is 0.146 e. The zero-order valence-electron chi connectivity index (χ0n) is 22.7. The van der Waals surface area contributed by atoms with Gasteiger partial charge < -0.3 is 4.74 Å². The third kappa shape index (κ3) is 6.40. The minimum absolute atomic E-state index is 0.265. The molecule has 3 aromatic rings. The normalized spacial score (nSPS) is 12.4. The lowest BCUT2D eigenvalue weighted by molar-refractivity contribution is -0.105. The van der Waals surface area contributed by atoms with E-state index in [2.05, 4.69) is 33.8 Å². The van der Waals surface area contributed by atoms with Gasteiger partial charge in [-0.15, -0.1) is 0 Å². The third-order valence-electron chi connectivity index (χ3n) is 6.86. The molecular weight excluding hydrogens is 483 g/mol. The Hall–Kier alpha value is -3.17. The highest BCUT2D eigenvalue weighted by molar-refractivity contribution is 6.33. The molecule has 3 aromatic carbocycles. The number of allylic oxidation sites excluding steroid dienone is 6. The van der Waals surface area contributed by atoms with Crippen LogP contribution in [0, 0.1) is 12.7 Å². The van der Waals surface area contributed by atoms with E-state index in [1.165, 1.54) is 23.3 Å². The van der Waals surface area contributed by atoms with E-state index in [1.54, 1.807) is 6.07 Å². The highest BCUT2D eigenvalue weighted by atomic mass is 35.5. The molecule has 0 unspecified atom stereocenters. The first-order valence-electron chi connectivity index (χ1n) is 12.8. The number of rotatable bonds is 10. The largest absolute Gasteiger partial charge is 0.493 e. The van der Waals surface area contributed by atoms with Gasteiger partial charge in [0.15, 0.2) is 0 Å². The van der Waals surface area contributed by atoms with Crippen LogP contribution in [0.1, 0.15) is 70.6 Å². The molecule has 0 bridgehead atoms. The second-order valence-electron chi connectivity index (χ2n) is 9.49. The monoisotopic (exact) mass is 518 g/mol. The molecule has 0 amide bonds. The first-order valence-corrected chi connectivity index (χ1v) is 13.2. The van der Waals surface area contributed by atoms with Crippen molar-refractivity contribution in [2.24, 2.45) is 0 Å². The fraction of sp³-hybridized carbons (Fsp3) is 0.303. The van der Waals surface area contributed by atoms with E-state index in [0.29, 0.717) is 24.5 Å². The molecule has 0 N–H and O–H groups in total. The summed E-state index contributed by atoms with van der Waals surface area (Å²) in [5.74, 6) is 0.466. The van der Waals surface area contributed by atoms with Crippen LogP contribution in [0.4, 0.5) is 4.39 Å². The lowest BCUT2D eigenvalue weighted by Gasteiger charge is -2.21. The van der Waals surface area contributed by atoms with Gasteiger partial charge in [-0.3, -0.25) is 4.79 Å². The summed E-state index contributed by atoms with van der Waals surface area (Å²) in [6.07, 6.45) is 5.14. The Balaban J connectivity index is 1.93. The van der Waals surface area contributed by atoms with E-state index < -0.39 is 0 Å². The Morgan fingerprint density at radius 2 is 1.84 bits per heavy atom. The van der Waals surface area contributed by atoms with Crippen molar-refractivity contribution >= 4 is 39.8 Å². The Labute approximate surface area is 225 Å². The van der Waals surface area contributed by atoms with Gasteiger partial charge in [-0.05, 0) is 123 Å². The predicted molar refractivity (Wildman–Crippen MR) is 156 cm³/mol. The van der Waals surface area contributed by atoms with Gasteiger partial charge in [0.2, 0.25) is 0 Å². The SMILES string of the molecule is C/C=C(/C)C(=C(C)C)c1c(Cl)ccc(/C(CCCOc2cccc3cc(F)ccc23)=C(/C=O)CC)c1C. The van der Waals surface area contributed by atoms with Gasteiger partial charge in [0.25, 0.3) is 0 Å². The first-order chi connectivity index (χ1) is 17.7. The molecule has 0 aliphatic heterocycles. The number of hydrogen-bond acceptors (Lipinski definition) is 2. The van der Waals surface area contributed by atoms with E-state index in [4.69, 9.17) is 16.3 Å². The number of fused-ring (bicyclic) bond motifs is 1. The average Bonchev–Trinajstić information content (AvgIpc) is 2.88. The molecule has 0 saturated carbocycles. The molecule has 194 valence electrons. The van der Waals surface area contributed by atoms with Gasteiger partial charge >= 0.3 is 0 Å². The first kappa shape index (κ1) is 28.4. The van der Waals surface area contributed by atoms with Crippen LogP contribution in [0.2, 0.25) is 5.02 Å². The minimum Gasteiger partial charge on any atom is -0.493 e. The summed E-state index contributed by atoms with van der Waals surface area (Å²) in [4.78, 5) is 12.1. The van der Waals surface area contributed by atoms with Crippen molar-refractivity contribution in [3.63, 3.8) is 0 Å². The fourth-order valence-corrected chi connectivity index (χ4v) is 5.22. The molecule has 2 nitrogen and oxygen atoms in total. The zero-order chi connectivity index (χ0) is 27.1. The standard InChI is InChI=1S/C33H36ClFO2/c1-7-22(5)32(21(3)4)33-23(6)27(16-17-30(33)34)28(24(8-2)20-36)12-10-18-37-31-13-9-11-25-19-26(35)14-15-29(25)31/h7,9,11,13-17,19-20H,8,10,12,18H2,1-6H3/b22-7-,28-24+. The molecule has 0 radical (unpaired) electrons. The molecule has 0 fully saturated rings. The third-order valence-corrected chi connectivity index (χ3v) is 7.17. The van der Waals surface area contributed by atoms with E-state index in [0.717, 1.165) is 62.6 Å². The van der Waals surface area contributed by atoms with Crippen molar-refractivity contribution in [2.45, 2.75) is 60.8 Å². The van der Waals surface area contributed by atoms with Gasteiger partial charge in [0, 0.05) is 16.0 Å². The molecule has 0 aromatic heterocycles. The van der Waals surface area contributed by atoms with Gasteiger partial charge in [-0.25, -0.2) is 4.39 Å². The summed E-state index contributed by atoms with van der Waals surface area (Å²) in [5.41, 5.74) is 8.47. The molecule has 37 heavy (non-hydrogen) atoms.